The minimum absolute atomic E-state index is 0.0979. The zero-order valence-electron chi connectivity index (χ0n) is 16.7. The number of ketones is 1. The highest BCUT2D eigenvalue weighted by Crippen LogP contribution is 2.31. The van der Waals surface area contributed by atoms with Crippen molar-refractivity contribution in [2.75, 3.05) is 20.2 Å². The third-order valence-corrected chi connectivity index (χ3v) is 6.20. The Kier molecular flexibility index (Phi) is 5.36. The van der Waals surface area contributed by atoms with E-state index in [-0.39, 0.29) is 17.8 Å². The number of carbonyl (C=O) groups is 2. The van der Waals surface area contributed by atoms with Crippen LogP contribution in [0.5, 0.6) is 0 Å². The third kappa shape index (κ3) is 3.51. The molecule has 5 heteroatoms. The Bertz CT molecular complexity index is 885. The molecule has 2 heterocycles. The average Bonchev–Trinajstić information content (AvgIpc) is 3.29. The van der Waals surface area contributed by atoms with Crippen LogP contribution in [0.1, 0.15) is 52.1 Å². The highest BCUT2D eigenvalue weighted by atomic mass is 16.5. The number of carbonyl (C=O) groups excluding carboxylic acids is 2. The lowest BCUT2D eigenvalue weighted by Crippen LogP contribution is -2.31. The lowest BCUT2D eigenvalue weighted by molar-refractivity contribution is -0.129. The fraction of sp³-hybridized carbons (Fsp3) is 0.478. The molecule has 0 bridgehead atoms. The van der Waals surface area contributed by atoms with Gasteiger partial charge in [-0.05, 0) is 37.3 Å². The Morgan fingerprint density at radius 3 is 2.71 bits per heavy atom. The van der Waals surface area contributed by atoms with Gasteiger partial charge in [0.05, 0.1) is 12.5 Å². The minimum Gasteiger partial charge on any atom is -0.380 e. The molecule has 28 heavy (non-hydrogen) atoms. The summed E-state index contributed by atoms with van der Waals surface area (Å²) < 4.78 is 7.65. The number of fused-ring (bicyclic) bond motifs is 1. The molecule has 1 aliphatic heterocycles. The van der Waals surface area contributed by atoms with Gasteiger partial charge in [0.2, 0.25) is 5.91 Å². The van der Waals surface area contributed by atoms with Crippen molar-refractivity contribution in [1.82, 2.24) is 9.47 Å². The smallest absolute Gasteiger partial charge is 0.227 e. The summed E-state index contributed by atoms with van der Waals surface area (Å²) in [5.41, 5.74) is 5.12. The van der Waals surface area contributed by atoms with Crippen molar-refractivity contribution in [3.05, 3.63) is 58.4 Å². The molecule has 2 aromatic rings. The van der Waals surface area contributed by atoms with Crippen molar-refractivity contribution in [3.8, 4) is 0 Å². The summed E-state index contributed by atoms with van der Waals surface area (Å²) in [5.74, 6) is 0.288. The number of likely N-dealkylation sites (tertiary alicyclic amines) is 1. The van der Waals surface area contributed by atoms with Gasteiger partial charge in [-0.1, -0.05) is 30.3 Å². The topological polar surface area (TPSA) is 51.5 Å². The van der Waals surface area contributed by atoms with E-state index >= 15 is 0 Å². The van der Waals surface area contributed by atoms with Gasteiger partial charge in [0.15, 0.2) is 5.78 Å². The summed E-state index contributed by atoms with van der Waals surface area (Å²) in [6, 6.07) is 10.3. The molecule has 1 unspecified atom stereocenters. The summed E-state index contributed by atoms with van der Waals surface area (Å²) in [6.45, 7) is 4.18. The highest BCUT2D eigenvalue weighted by Gasteiger charge is 2.31. The fourth-order valence-corrected chi connectivity index (χ4v) is 4.59. The van der Waals surface area contributed by atoms with E-state index in [4.69, 9.17) is 4.74 Å². The maximum absolute atomic E-state index is 12.9. The number of hydrogen-bond acceptors (Lipinski definition) is 3. The predicted octanol–water partition coefficient (Wildman–Crippen LogP) is 3.15. The van der Waals surface area contributed by atoms with E-state index in [0.29, 0.717) is 19.4 Å². The van der Waals surface area contributed by atoms with Crippen LogP contribution >= 0.6 is 0 Å². The molecular formula is C23H28N2O3. The number of hydrogen-bond donors (Lipinski definition) is 0. The second-order valence-electron chi connectivity index (χ2n) is 7.90. The first kappa shape index (κ1) is 18.9. The van der Waals surface area contributed by atoms with E-state index in [2.05, 4.69) is 23.6 Å². The maximum Gasteiger partial charge on any atom is 0.227 e. The van der Waals surface area contributed by atoms with Gasteiger partial charge in [0, 0.05) is 50.1 Å². The van der Waals surface area contributed by atoms with E-state index in [1.54, 1.807) is 7.11 Å². The minimum atomic E-state index is 0.0979. The predicted molar refractivity (Wildman–Crippen MR) is 108 cm³/mol. The standard InChI is InChI=1S/C23H28N2O3/c1-16-19(13-22(27)24-12-11-18(15-24)28-2)23-20(9-6-10-21(23)26)25(16)14-17-7-4-3-5-8-17/h3-5,7-8,18H,6,9-15H2,1-2H3. The van der Waals surface area contributed by atoms with Gasteiger partial charge in [0.1, 0.15) is 0 Å². The van der Waals surface area contributed by atoms with Crippen LogP contribution in [-0.4, -0.2) is 47.5 Å². The molecule has 5 nitrogen and oxygen atoms in total. The Morgan fingerprint density at radius 1 is 1.21 bits per heavy atom. The van der Waals surface area contributed by atoms with Crippen molar-refractivity contribution in [2.45, 2.75) is 51.7 Å². The number of nitrogens with zero attached hydrogens (tertiary/aromatic N) is 2. The van der Waals surface area contributed by atoms with Crippen LogP contribution in [0.15, 0.2) is 30.3 Å². The van der Waals surface area contributed by atoms with Crippen molar-refractivity contribution in [3.63, 3.8) is 0 Å². The summed E-state index contributed by atoms with van der Waals surface area (Å²) in [4.78, 5) is 27.6. The number of rotatable bonds is 5. The number of ether oxygens (including phenoxy) is 1. The molecular weight excluding hydrogens is 352 g/mol. The van der Waals surface area contributed by atoms with Crippen LogP contribution in [0.4, 0.5) is 0 Å². The first-order chi connectivity index (χ1) is 13.6. The fourth-order valence-electron chi connectivity index (χ4n) is 4.59. The quantitative estimate of drug-likeness (QED) is 0.801. The normalized spacial score (nSPS) is 19.1. The Morgan fingerprint density at radius 2 is 2.00 bits per heavy atom. The molecule has 4 rings (SSSR count). The molecule has 0 saturated carbocycles. The number of aromatic nitrogens is 1. The number of Topliss-reactive ketones (excluding diaryl/α,β-unsaturated/α-hetero) is 1. The van der Waals surface area contributed by atoms with Crippen LogP contribution in [0.2, 0.25) is 0 Å². The van der Waals surface area contributed by atoms with E-state index in [0.717, 1.165) is 54.9 Å². The maximum atomic E-state index is 12.9. The van der Waals surface area contributed by atoms with Crippen LogP contribution in [0.25, 0.3) is 0 Å². The summed E-state index contributed by atoms with van der Waals surface area (Å²) in [5, 5.41) is 0. The average molecular weight is 380 g/mol. The molecule has 1 aromatic heterocycles. The molecule has 2 aliphatic rings. The summed E-state index contributed by atoms with van der Waals surface area (Å²) >= 11 is 0. The Hall–Kier alpha value is -2.40. The molecule has 1 aromatic carbocycles. The van der Waals surface area contributed by atoms with Crippen molar-refractivity contribution < 1.29 is 14.3 Å². The molecule has 1 fully saturated rings. The highest BCUT2D eigenvalue weighted by molar-refractivity contribution is 6.01. The van der Waals surface area contributed by atoms with E-state index in [9.17, 15) is 9.59 Å². The molecule has 1 saturated heterocycles. The van der Waals surface area contributed by atoms with Crippen LogP contribution in [-0.2, 0) is 28.9 Å². The Balaban J connectivity index is 1.65. The van der Waals surface area contributed by atoms with Gasteiger partial charge in [-0.2, -0.15) is 0 Å². The van der Waals surface area contributed by atoms with Gasteiger partial charge in [-0.3, -0.25) is 9.59 Å². The second-order valence-corrected chi connectivity index (χ2v) is 7.90. The van der Waals surface area contributed by atoms with Crippen molar-refractivity contribution in [2.24, 2.45) is 0 Å². The van der Waals surface area contributed by atoms with Gasteiger partial charge in [0.25, 0.3) is 0 Å². The van der Waals surface area contributed by atoms with Crippen LogP contribution in [0, 0.1) is 6.92 Å². The van der Waals surface area contributed by atoms with Crippen molar-refractivity contribution >= 4 is 11.7 Å². The zero-order valence-corrected chi connectivity index (χ0v) is 16.7. The monoisotopic (exact) mass is 380 g/mol. The van der Waals surface area contributed by atoms with Gasteiger partial charge in [-0.15, -0.1) is 0 Å². The summed E-state index contributed by atoms with van der Waals surface area (Å²) in [7, 11) is 1.70. The van der Waals surface area contributed by atoms with E-state index in [1.807, 2.05) is 23.1 Å². The largest absolute Gasteiger partial charge is 0.380 e. The SMILES string of the molecule is COC1CCN(C(=O)Cc2c3c(n(Cc4ccccc4)c2C)CCCC3=O)C1. The second kappa shape index (κ2) is 7.92. The van der Waals surface area contributed by atoms with E-state index in [1.165, 1.54) is 5.56 Å². The molecule has 0 spiro atoms. The number of amides is 1. The molecule has 0 N–H and O–H groups in total. The molecule has 0 radical (unpaired) electrons. The first-order valence-electron chi connectivity index (χ1n) is 10.2. The van der Waals surface area contributed by atoms with Crippen LogP contribution < -0.4 is 0 Å². The molecule has 1 aliphatic carbocycles. The molecule has 1 atom stereocenters. The van der Waals surface area contributed by atoms with Crippen LogP contribution in [0.3, 0.4) is 0 Å². The molecule has 148 valence electrons. The van der Waals surface area contributed by atoms with Gasteiger partial charge < -0.3 is 14.2 Å². The number of methoxy groups -OCH3 is 1. The Labute approximate surface area is 166 Å². The number of benzene rings is 1. The molecule has 1 amide bonds. The first-order valence-corrected chi connectivity index (χ1v) is 10.2. The lowest BCUT2D eigenvalue weighted by Gasteiger charge is -2.17. The lowest BCUT2D eigenvalue weighted by atomic mass is 9.92. The van der Waals surface area contributed by atoms with Gasteiger partial charge in [-0.25, -0.2) is 0 Å². The zero-order chi connectivity index (χ0) is 19.7. The van der Waals surface area contributed by atoms with Gasteiger partial charge >= 0.3 is 0 Å². The van der Waals surface area contributed by atoms with Crippen molar-refractivity contribution in [1.29, 1.82) is 0 Å². The third-order valence-electron chi connectivity index (χ3n) is 6.20. The van der Waals surface area contributed by atoms with E-state index < -0.39 is 0 Å². The summed E-state index contributed by atoms with van der Waals surface area (Å²) in [6.07, 6.45) is 3.68.